The maximum absolute atomic E-state index is 13.4. The minimum Gasteiger partial charge on any atom is -0.311 e. The Balaban J connectivity index is 1.63. The van der Waals surface area contributed by atoms with Crippen LogP contribution in [0, 0.1) is 11.2 Å². The van der Waals surface area contributed by atoms with Crippen molar-refractivity contribution in [1.29, 1.82) is 0 Å². The van der Waals surface area contributed by atoms with E-state index in [-0.39, 0.29) is 24.6 Å². The summed E-state index contributed by atoms with van der Waals surface area (Å²) in [5.74, 6) is -0.382. The van der Waals surface area contributed by atoms with Crippen LogP contribution in [0.2, 0.25) is 0 Å². The Morgan fingerprint density at radius 3 is 2.34 bits per heavy atom. The van der Waals surface area contributed by atoms with Crippen molar-refractivity contribution < 1.29 is 22.4 Å². The summed E-state index contributed by atoms with van der Waals surface area (Å²) in [6.45, 7) is 0. The standard InChI is InChI=1S/C21H23F4N3O/c1-28-19(26-16(29)12-20(10-3-11-20)21(23,24)25)17(13-4-2-5-13)18(27-28)14-6-8-15(22)9-7-14/h6-9,13H,2-5,10-12H2,1H3,(H,26,29). The molecule has 2 aliphatic carbocycles. The third-order valence-electron chi connectivity index (χ3n) is 6.38. The second-order valence-corrected chi connectivity index (χ2v) is 8.23. The van der Waals surface area contributed by atoms with Crippen LogP contribution in [0.3, 0.4) is 0 Å². The Bertz CT molecular complexity index is 909. The van der Waals surface area contributed by atoms with Gasteiger partial charge in [0.15, 0.2) is 0 Å². The zero-order chi connectivity index (χ0) is 20.8. The number of halogens is 4. The van der Waals surface area contributed by atoms with E-state index < -0.39 is 23.9 Å². The molecule has 2 saturated carbocycles. The molecule has 0 spiro atoms. The highest BCUT2D eigenvalue weighted by Crippen LogP contribution is 2.55. The quantitative estimate of drug-likeness (QED) is 0.658. The van der Waals surface area contributed by atoms with Crippen LogP contribution in [0.5, 0.6) is 0 Å². The molecule has 8 heteroatoms. The van der Waals surface area contributed by atoms with Gasteiger partial charge >= 0.3 is 6.18 Å². The lowest BCUT2D eigenvalue weighted by Crippen LogP contribution is -2.46. The lowest BCUT2D eigenvalue weighted by atomic mass is 9.66. The number of anilines is 1. The Hall–Kier alpha value is -2.38. The van der Waals surface area contributed by atoms with Gasteiger partial charge in [0.05, 0.1) is 11.1 Å². The molecule has 1 aromatic heterocycles. The van der Waals surface area contributed by atoms with Gasteiger partial charge in [0.25, 0.3) is 0 Å². The van der Waals surface area contributed by atoms with Gasteiger partial charge < -0.3 is 5.32 Å². The lowest BCUT2D eigenvalue weighted by Gasteiger charge is -2.42. The van der Waals surface area contributed by atoms with E-state index in [2.05, 4.69) is 10.4 Å². The minimum absolute atomic E-state index is 0.00831. The van der Waals surface area contributed by atoms with Crippen LogP contribution in [0.15, 0.2) is 24.3 Å². The van der Waals surface area contributed by atoms with Crippen molar-refractivity contribution in [2.75, 3.05) is 5.32 Å². The molecule has 0 saturated heterocycles. The fraction of sp³-hybridized carbons (Fsp3) is 0.524. The molecule has 4 rings (SSSR count). The number of aryl methyl sites for hydroxylation is 1. The van der Waals surface area contributed by atoms with E-state index in [1.165, 1.54) is 16.8 Å². The number of hydrogen-bond acceptors (Lipinski definition) is 2. The average molecular weight is 409 g/mol. The molecule has 2 aliphatic rings. The van der Waals surface area contributed by atoms with E-state index in [4.69, 9.17) is 0 Å². The first-order chi connectivity index (χ1) is 13.7. The van der Waals surface area contributed by atoms with Gasteiger partial charge in [-0.25, -0.2) is 4.39 Å². The number of benzene rings is 1. The fourth-order valence-electron chi connectivity index (χ4n) is 4.24. The first-order valence-electron chi connectivity index (χ1n) is 9.90. The summed E-state index contributed by atoms with van der Waals surface area (Å²) in [6.07, 6.45) is -1.59. The van der Waals surface area contributed by atoms with Crippen LogP contribution in [-0.4, -0.2) is 21.9 Å². The molecule has 2 fully saturated rings. The summed E-state index contributed by atoms with van der Waals surface area (Å²) in [5.41, 5.74) is 0.275. The molecule has 1 heterocycles. The van der Waals surface area contributed by atoms with E-state index in [1.54, 1.807) is 19.2 Å². The summed E-state index contributed by atoms with van der Waals surface area (Å²) in [5, 5.41) is 7.22. The highest BCUT2D eigenvalue weighted by Gasteiger charge is 2.58. The predicted octanol–water partition coefficient (Wildman–Crippen LogP) is 5.55. The van der Waals surface area contributed by atoms with E-state index in [0.717, 1.165) is 30.4 Å². The zero-order valence-corrected chi connectivity index (χ0v) is 16.2. The summed E-state index contributed by atoms with van der Waals surface area (Å²) in [4.78, 5) is 12.6. The average Bonchev–Trinajstić information content (AvgIpc) is 2.86. The molecule has 0 atom stereocenters. The van der Waals surface area contributed by atoms with Crippen LogP contribution in [0.1, 0.15) is 56.4 Å². The van der Waals surface area contributed by atoms with Crippen LogP contribution in [0.4, 0.5) is 23.4 Å². The smallest absolute Gasteiger partial charge is 0.311 e. The second kappa shape index (κ2) is 7.15. The van der Waals surface area contributed by atoms with Crippen molar-refractivity contribution in [3.05, 3.63) is 35.6 Å². The van der Waals surface area contributed by atoms with E-state index in [9.17, 15) is 22.4 Å². The number of carbonyl (C=O) groups is 1. The Kier molecular flexibility index (Phi) is 4.91. The fourth-order valence-corrected chi connectivity index (χ4v) is 4.24. The monoisotopic (exact) mass is 409 g/mol. The van der Waals surface area contributed by atoms with Crippen molar-refractivity contribution in [2.45, 2.75) is 57.0 Å². The molecule has 4 nitrogen and oxygen atoms in total. The molecule has 0 bridgehead atoms. The first-order valence-corrected chi connectivity index (χ1v) is 9.90. The van der Waals surface area contributed by atoms with Crippen molar-refractivity contribution in [1.82, 2.24) is 9.78 Å². The second-order valence-electron chi connectivity index (χ2n) is 8.23. The molecular weight excluding hydrogens is 386 g/mol. The molecule has 0 radical (unpaired) electrons. The van der Waals surface area contributed by atoms with Crippen LogP contribution < -0.4 is 5.32 Å². The first kappa shape index (κ1) is 19.9. The topological polar surface area (TPSA) is 46.9 Å². The lowest BCUT2D eigenvalue weighted by molar-refractivity contribution is -0.251. The number of nitrogens with zero attached hydrogens (tertiary/aromatic N) is 2. The van der Waals surface area contributed by atoms with Crippen LogP contribution in [0.25, 0.3) is 11.3 Å². The van der Waals surface area contributed by atoms with Crippen molar-refractivity contribution >= 4 is 11.7 Å². The third-order valence-corrected chi connectivity index (χ3v) is 6.38. The molecule has 29 heavy (non-hydrogen) atoms. The Labute approximate surface area is 166 Å². The van der Waals surface area contributed by atoms with Gasteiger partial charge in [-0.1, -0.05) is 12.8 Å². The number of nitrogens with one attached hydrogen (secondary N) is 1. The van der Waals surface area contributed by atoms with Crippen molar-refractivity contribution in [3.8, 4) is 11.3 Å². The van der Waals surface area contributed by atoms with Gasteiger partial charge in [0.2, 0.25) is 5.91 Å². The summed E-state index contributed by atoms with van der Waals surface area (Å²) < 4.78 is 55.1. The largest absolute Gasteiger partial charge is 0.395 e. The third kappa shape index (κ3) is 3.53. The van der Waals surface area contributed by atoms with Crippen LogP contribution >= 0.6 is 0 Å². The highest BCUT2D eigenvalue weighted by molar-refractivity contribution is 5.92. The predicted molar refractivity (Wildman–Crippen MR) is 101 cm³/mol. The zero-order valence-electron chi connectivity index (χ0n) is 16.2. The van der Waals surface area contributed by atoms with Gasteiger partial charge in [-0.15, -0.1) is 0 Å². The molecular formula is C21H23F4N3O. The van der Waals surface area contributed by atoms with Crippen molar-refractivity contribution in [3.63, 3.8) is 0 Å². The summed E-state index contributed by atoms with van der Waals surface area (Å²) in [6, 6.07) is 5.93. The molecule has 0 unspecified atom stereocenters. The van der Waals surface area contributed by atoms with Gasteiger partial charge in [0, 0.05) is 24.6 Å². The maximum Gasteiger partial charge on any atom is 0.395 e. The Morgan fingerprint density at radius 1 is 1.21 bits per heavy atom. The van der Waals surface area contributed by atoms with Gasteiger partial charge in [-0.05, 0) is 55.9 Å². The molecule has 156 valence electrons. The van der Waals surface area contributed by atoms with Crippen LogP contribution in [-0.2, 0) is 11.8 Å². The molecule has 1 amide bonds. The number of amides is 1. The van der Waals surface area contributed by atoms with Gasteiger partial charge in [0.1, 0.15) is 11.6 Å². The number of carbonyl (C=O) groups excluding carboxylic acids is 1. The number of rotatable bonds is 5. The normalized spacial score (nSPS) is 18.8. The molecule has 1 N–H and O–H groups in total. The van der Waals surface area contributed by atoms with E-state index >= 15 is 0 Å². The molecule has 1 aromatic carbocycles. The number of aromatic nitrogens is 2. The highest BCUT2D eigenvalue weighted by atomic mass is 19.4. The van der Waals surface area contributed by atoms with Crippen molar-refractivity contribution in [2.24, 2.45) is 12.5 Å². The summed E-state index contributed by atoms with van der Waals surface area (Å²) in [7, 11) is 1.66. The SMILES string of the molecule is Cn1nc(-c2ccc(F)cc2)c(C2CCC2)c1NC(=O)CC1(C(F)(F)F)CCC1. The van der Waals surface area contributed by atoms with Gasteiger partial charge in [-0.3, -0.25) is 9.48 Å². The summed E-state index contributed by atoms with van der Waals surface area (Å²) >= 11 is 0. The minimum atomic E-state index is -4.38. The number of alkyl halides is 3. The number of hydrogen-bond donors (Lipinski definition) is 1. The van der Waals surface area contributed by atoms with E-state index in [1.807, 2.05) is 0 Å². The van der Waals surface area contributed by atoms with Gasteiger partial charge in [-0.2, -0.15) is 18.3 Å². The Morgan fingerprint density at radius 2 is 1.86 bits per heavy atom. The molecule has 0 aliphatic heterocycles. The molecule has 2 aromatic rings. The van der Waals surface area contributed by atoms with E-state index in [0.29, 0.717) is 17.9 Å². The maximum atomic E-state index is 13.4.